The SMILES string of the molecule is CCc1nc(CNc2cc(=O)n(Cc3ccccc3)c(=O)[nH]2)co1. The highest BCUT2D eigenvalue weighted by Crippen LogP contribution is 2.05. The maximum Gasteiger partial charge on any atom is 0.330 e. The Balaban J connectivity index is 1.74. The van der Waals surface area contributed by atoms with Crippen LogP contribution in [0.15, 0.2) is 56.7 Å². The van der Waals surface area contributed by atoms with Gasteiger partial charge < -0.3 is 9.73 Å². The molecule has 0 fully saturated rings. The van der Waals surface area contributed by atoms with Crippen molar-refractivity contribution in [2.45, 2.75) is 26.4 Å². The largest absolute Gasteiger partial charge is 0.449 e. The minimum Gasteiger partial charge on any atom is -0.449 e. The molecule has 1 aromatic carbocycles. The molecule has 2 N–H and O–H groups in total. The molecule has 3 aromatic rings. The Labute approximate surface area is 138 Å². The fraction of sp³-hybridized carbons (Fsp3) is 0.235. The van der Waals surface area contributed by atoms with Crippen molar-refractivity contribution in [3.8, 4) is 0 Å². The molecule has 0 aliphatic heterocycles. The first-order valence-electron chi connectivity index (χ1n) is 7.71. The van der Waals surface area contributed by atoms with E-state index in [4.69, 9.17) is 4.42 Å². The summed E-state index contributed by atoms with van der Waals surface area (Å²) in [5, 5.41) is 2.98. The van der Waals surface area contributed by atoms with Gasteiger partial charge in [0.25, 0.3) is 5.56 Å². The number of aryl methyl sites for hydroxylation is 1. The quantitative estimate of drug-likeness (QED) is 0.720. The van der Waals surface area contributed by atoms with Gasteiger partial charge >= 0.3 is 5.69 Å². The second kappa shape index (κ2) is 6.99. The molecule has 0 unspecified atom stereocenters. The van der Waals surface area contributed by atoms with Crippen LogP contribution in [0.25, 0.3) is 0 Å². The van der Waals surface area contributed by atoms with Gasteiger partial charge in [-0.25, -0.2) is 9.78 Å². The Kier molecular flexibility index (Phi) is 4.60. The first-order valence-corrected chi connectivity index (χ1v) is 7.71. The fourth-order valence-electron chi connectivity index (χ4n) is 2.31. The van der Waals surface area contributed by atoms with Crippen molar-refractivity contribution >= 4 is 5.82 Å². The van der Waals surface area contributed by atoms with Crippen molar-refractivity contribution in [1.82, 2.24) is 14.5 Å². The normalized spacial score (nSPS) is 10.7. The molecule has 0 atom stereocenters. The molecule has 0 aliphatic rings. The molecule has 0 aliphatic carbocycles. The van der Waals surface area contributed by atoms with Gasteiger partial charge in [0.1, 0.15) is 12.1 Å². The molecule has 7 heteroatoms. The average molecular weight is 326 g/mol. The summed E-state index contributed by atoms with van der Waals surface area (Å²) in [6.07, 6.45) is 2.27. The minimum atomic E-state index is -0.455. The van der Waals surface area contributed by atoms with Gasteiger partial charge in [0, 0.05) is 12.5 Å². The van der Waals surface area contributed by atoms with Crippen molar-refractivity contribution in [2.24, 2.45) is 0 Å². The van der Waals surface area contributed by atoms with Crippen LogP contribution in [0, 0.1) is 0 Å². The van der Waals surface area contributed by atoms with E-state index < -0.39 is 5.69 Å². The van der Waals surface area contributed by atoms with Crippen LogP contribution in [-0.4, -0.2) is 14.5 Å². The van der Waals surface area contributed by atoms with Gasteiger partial charge in [0.15, 0.2) is 5.89 Å². The second-order valence-electron chi connectivity index (χ2n) is 5.34. The first kappa shape index (κ1) is 15.8. The summed E-state index contributed by atoms with van der Waals surface area (Å²) < 4.78 is 6.40. The predicted octanol–water partition coefficient (Wildman–Crippen LogP) is 1.75. The Morgan fingerprint density at radius 3 is 2.71 bits per heavy atom. The minimum absolute atomic E-state index is 0.235. The molecule has 0 radical (unpaired) electrons. The van der Waals surface area contributed by atoms with Gasteiger partial charge in [-0.05, 0) is 5.56 Å². The van der Waals surface area contributed by atoms with Gasteiger partial charge in [-0.15, -0.1) is 0 Å². The summed E-state index contributed by atoms with van der Waals surface area (Å²) in [5.74, 6) is 1.01. The van der Waals surface area contributed by atoms with E-state index in [1.807, 2.05) is 37.3 Å². The van der Waals surface area contributed by atoms with E-state index in [1.165, 1.54) is 6.07 Å². The van der Waals surface area contributed by atoms with Crippen molar-refractivity contribution < 1.29 is 4.42 Å². The number of benzene rings is 1. The smallest absolute Gasteiger partial charge is 0.330 e. The van der Waals surface area contributed by atoms with Crippen molar-refractivity contribution in [2.75, 3.05) is 5.32 Å². The maximum atomic E-state index is 12.2. The number of nitrogens with zero attached hydrogens (tertiary/aromatic N) is 2. The average Bonchev–Trinajstić information content (AvgIpc) is 3.05. The van der Waals surface area contributed by atoms with Gasteiger partial charge in [-0.3, -0.25) is 14.3 Å². The molecule has 2 aromatic heterocycles. The number of hydrogen-bond donors (Lipinski definition) is 2. The number of aromatic nitrogens is 3. The van der Waals surface area contributed by atoms with E-state index in [0.717, 1.165) is 10.1 Å². The third-order valence-electron chi connectivity index (χ3n) is 3.57. The fourth-order valence-corrected chi connectivity index (χ4v) is 2.31. The highest BCUT2D eigenvalue weighted by atomic mass is 16.3. The number of nitrogens with one attached hydrogen (secondary N) is 2. The molecule has 24 heavy (non-hydrogen) atoms. The van der Waals surface area contributed by atoms with E-state index in [0.29, 0.717) is 30.4 Å². The van der Waals surface area contributed by atoms with Gasteiger partial charge in [0.2, 0.25) is 0 Å². The molecule has 2 heterocycles. The molecule has 0 saturated carbocycles. The third-order valence-corrected chi connectivity index (χ3v) is 3.57. The summed E-state index contributed by atoms with van der Waals surface area (Å²) in [6.45, 7) is 2.55. The zero-order chi connectivity index (χ0) is 16.9. The van der Waals surface area contributed by atoms with Crippen LogP contribution in [0.3, 0.4) is 0 Å². The van der Waals surface area contributed by atoms with Crippen molar-refractivity contribution in [3.05, 3.63) is 80.6 Å². The molecule has 0 bridgehead atoms. The van der Waals surface area contributed by atoms with Crippen LogP contribution in [0.4, 0.5) is 5.82 Å². The highest BCUT2D eigenvalue weighted by molar-refractivity contribution is 5.32. The molecule has 0 saturated heterocycles. The van der Waals surface area contributed by atoms with E-state index in [-0.39, 0.29) is 12.1 Å². The number of hydrogen-bond acceptors (Lipinski definition) is 5. The van der Waals surface area contributed by atoms with E-state index in [1.54, 1.807) is 6.26 Å². The molecular formula is C17H18N4O3. The summed E-state index contributed by atoms with van der Waals surface area (Å²) in [5.41, 5.74) is 0.782. The Morgan fingerprint density at radius 1 is 1.25 bits per heavy atom. The highest BCUT2D eigenvalue weighted by Gasteiger charge is 2.07. The van der Waals surface area contributed by atoms with Crippen LogP contribution in [0.5, 0.6) is 0 Å². The van der Waals surface area contributed by atoms with Crippen LogP contribution in [0.2, 0.25) is 0 Å². The van der Waals surface area contributed by atoms with E-state index >= 15 is 0 Å². The molecule has 0 spiro atoms. The van der Waals surface area contributed by atoms with E-state index in [9.17, 15) is 9.59 Å². The maximum absolute atomic E-state index is 12.2. The lowest BCUT2D eigenvalue weighted by atomic mass is 10.2. The number of anilines is 1. The topological polar surface area (TPSA) is 92.9 Å². The zero-order valence-electron chi connectivity index (χ0n) is 13.3. The van der Waals surface area contributed by atoms with Crippen LogP contribution in [-0.2, 0) is 19.5 Å². The monoisotopic (exact) mass is 326 g/mol. The van der Waals surface area contributed by atoms with Gasteiger partial charge in [-0.1, -0.05) is 37.3 Å². The van der Waals surface area contributed by atoms with Crippen molar-refractivity contribution in [1.29, 1.82) is 0 Å². The molecule has 7 nitrogen and oxygen atoms in total. The standard InChI is InChI=1S/C17H18N4O3/c1-2-15-19-13(11-24-15)9-18-14-8-16(22)21(17(23)20-14)10-12-6-4-3-5-7-12/h3-8,11,18H,2,9-10H2,1H3,(H,20,23). The molecule has 3 rings (SSSR count). The summed E-state index contributed by atoms with van der Waals surface area (Å²) >= 11 is 0. The lowest BCUT2D eigenvalue weighted by Crippen LogP contribution is -2.35. The second-order valence-corrected chi connectivity index (χ2v) is 5.34. The lowest BCUT2D eigenvalue weighted by Gasteiger charge is -2.07. The van der Waals surface area contributed by atoms with E-state index in [2.05, 4.69) is 15.3 Å². The Bertz CT molecular complexity index is 894. The van der Waals surface area contributed by atoms with Gasteiger partial charge in [-0.2, -0.15) is 0 Å². The Morgan fingerprint density at radius 2 is 2.04 bits per heavy atom. The molecular weight excluding hydrogens is 308 g/mol. The lowest BCUT2D eigenvalue weighted by molar-refractivity contribution is 0.501. The molecule has 124 valence electrons. The first-order chi connectivity index (χ1) is 11.7. The summed E-state index contributed by atoms with van der Waals surface area (Å²) in [6, 6.07) is 10.7. The number of oxazole rings is 1. The predicted molar refractivity (Wildman–Crippen MR) is 90.1 cm³/mol. The Hall–Kier alpha value is -3.09. The van der Waals surface area contributed by atoms with Crippen molar-refractivity contribution in [3.63, 3.8) is 0 Å². The van der Waals surface area contributed by atoms with Crippen LogP contribution >= 0.6 is 0 Å². The third kappa shape index (κ3) is 3.62. The van der Waals surface area contributed by atoms with Crippen LogP contribution < -0.4 is 16.6 Å². The zero-order valence-corrected chi connectivity index (χ0v) is 13.3. The summed E-state index contributed by atoms with van der Waals surface area (Å²) in [7, 11) is 0. The summed E-state index contributed by atoms with van der Waals surface area (Å²) in [4.78, 5) is 31.3. The number of rotatable bonds is 6. The van der Waals surface area contributed by atoms with Gasteiger partial charge in [0.05, 0.1) is 18.8 Å². The number of aromatic amines is 1. The number of H-pyrrole nitrogens is 1. The van der Waals surface area contributed by atoms with Crippen LogP contribution in [0.1, 0.15) is 24.1 Å². The molecule has 0 amide bonds.